The summed E-state index contributed by atoms with van der Waals surface area (Å²) in [5, 5.41) is 8.15. The van der Waals surface area contributed by atoms with Crippen LogP contribution >= 0.6 is 11.6 Å². The van der Waals surface area contributed by atoms with Gasteiger partial charge in [0.2, 0.25) is 10.0 Å². The zero-order valence-electron chi connectivity index (χ0n) is 11.9. The number of carbonyl (C=O) groups is 1. The minimum absolute atomic E-state index is 0.112. The Balaban J connectivity index is 2.11. The summed E-state index contributed by atoms with van der Waals surface area (Å²) < 4.78 is 23.0. The molecule has 1 saturated carbocycles. The van der Waals surface area contributed by atoms with E-state index in [1.54, 1.807) is 6.92 Å². The van der Waals surface area contributed by atoms with Gasteiger partial charge in [-0.2, -0.15) is 0 Å². The molecular weight excluding hydrogens is 312 g/mol. The molecule has 0 spiro atoms. The maximum Gasteiger partial charge on any atom is 0.251 e. The molecule has 0 heterocycles. The van der Waals surface area contributed by atoms with Gasteiger partial charge < -0.3 is 5.32 Å². The minimum atomic E-state index is -3.91. The Hall–Kier alpha value is -1.11. The van der Waals surface area contributed by atoms with Gasteiger partial charge in [-0.15, -0.1) is 0 Å². The van der Waals surface area contributed by atoms with E-state index >= 15 is 0 Å². The number of nitrogens with two attached hydrogens (primary N) is 1. The summed E-state index contributed by atoms with van der Waals surface area (Å²) in [6.07, 6.45) is 4.67. The van der Waals surface area contributed by atoms with Crippen molar-refractivity contribution in [2.24, 2.45) is 11.1 Å². The molecule has 7 heteroatoms. The third-order valence-corrected chi connectivity index (χ3v) is 5.36. The Morgan fingerprint density at radius 2 is 2.10 bits per heavy atom. The molecule has 2 rings (SSSR count). The quantitative estimate of drug-likeness (QED) is 0.867. The van der Waals surface area contributed by atoms with Gasteiger partial charge in [0.05, 0.1) is 4.90 Å². The highest BCUT2D eigenvalue weighted by atomic mass is 35.5. The third-order valence-electron chi connectivity index (χ3n) is 3.93. The molecule has 1 aliphatic carbocycles. The first-order valence-corrected chi connectivity index (χ1v) is 8.82. The second kappa shape index (κ2) is 6.34. The van der Waals surface area contributed by atoms with Gasteiger partial charge in [0.25, 0.3) is 5.91 Å². The lowest BCUT2D eigenvalue weighted by atomic mass is 9.83. The fourth-order valence-corrected chi connectivity index (χ4v) is 3.46. The number of halogens is 1. The second-order valence-electron chi connectivity index (χ2n) is 5.47. The van der Waals surface area contributed by atoms with Gasteiger partial charge in [0, 0.05) is 17.1 Å². The van der Waals surface area contributed by atoms with Gasteiger partial charge in [-0.1, -0.05) is 30.9 Å². The van der Waals surface area contributed by atoms with Gasteiger partial charge in [-0.05, 0) is 37.0 Å². The van der Waals surface area contributed by atoms with E-state index in [-0.39, 0.29) is 21.4 Å². The highest BCUT2D eigenvalue weighted by Crippen LogP contribution is 2.29. The number of carbonyl (C=O) groups excluding carboxylic acids is 1. The van der Waals surface area contributed by atoms with Crippen molar-refractivity contribution in [3.8, 4) is 0 Å². The van der Waals surface area contributed by atoms with Gasteiger partial charge in [-0.3, -0.25) is 4.79 Å². The summed E-state index contributed by atoms with van der Waals surface area (Å²) in [4.78, 5) is 12.0. The highest BCUT2D eigenvalue weighted by Gasteiger charge is 2.19. The SMILES string of the molecule is Cc1c(Cl)cc(C(=O)NCCC2CCC2)cc1S(N)(=O)=O. The first-order valence-electron chi connectivity index (χ1n) is 6.90. The molecule has 1 aromatic carbocycles. The molecule has 1 aromatic rings. The van der Waals surface area contributed by atoms with E-state index in [0.29, 0.717) is 18.0 Å². The van der Waals surface area contributed by atoms with Crippen LogP contribution in [0, 0.1) is 12.8 Å². The van der Waals surface area contributed by atoms with Crippen LogP contribution in [0.15, 0.2) is 17.0 Å². The summed E-state index contributed by atoms with van der Waals surface area (Å²) in [6.45, 7) is 2.14. The van der Waals surface area contributed by atoms with Gasteiger partial charge in [0.1, 0.15) is 0 Å². The van der Waals surface area contributed by atoms with Crippen molar-refractivity contribution in [3.63, 3.8) is 0 Å². The molecule has 0 radical (unpaired) electrons. The highest BCUT2D eigenvalue weighted by molar-refractivity contribution is 7.89. The molecule has 1 amide bonds. The lowest BCUT2D eigenvalue weighted by Gasteiger charge is -2.25. The Labute approximate surface area is 129 Å². The van der Waals surface area contributed by atoms with Crippen molar-refractivity contribution in [3.05, 3.63) is 28.3 Å². The number of rotatable bonds is 5. The summed E-state index contributed by atoms with van der Waals surface area (Å²) in [6, 6.07) is 2.74. The first-order chi connectivity index (χ1) is 9.79. The second-order valence-corrected chi connectivity index (χ2v) is 7.40. The summed E-state index contributed by atoms with van der Waals surface area (Å²) >= 11 is 5.99. The molecule has 0 saturated heterocycles. The molecule has 5 nitrogen and oxygen atoms in total. The molecule has 3 N–H and O–H groups in total. The van der Waals surface area contributed by atoms with Gasteiger partial charge >= 0.3 is 0 Å². The number of nitrogens with one attached hydrogen (secondary N) is 1. The van der Waals surface area contributed by atoms with Crippen LogP contribution in [0.1, 0.15) is 41.6 Å². The Morgan fingerprint density at radius 3 is 2.62 bits per heavy atom. The van der Waals surface area contributed by atoms with Crippen molar-refractivity contribution in [1.82, 2.24) is 5.32 Å². The largest absolute Gasteiger partial charge is 0.352 e. The van der Waals surface area contributed by atoms with E-state index in [1.807, 2.05) is 0 Å². The fraction of sp³-hybridized carbons (Fsp3) is 0.500. The number of hydrogen-bond donors (Lipinski definition) is 2. The molecule has 0 aromatic heterocycles. The molecule has 1 aliphatic rings. The number of amides is 1. The Bertz CT molecular complexity index is 654. The van der Waals surface area contributed by atoms with E-state index in [1.165, 1.54) is 31.4 Å². The maximum atomic E-state index is 12.1. The van der Waals surface area contributed by atoms with E-state index < -0.39 is 10.0 Å². The van der Waals surface area contributed by atoms with Crippen LogP contribution < -0.4 is 10.5 Å². The molecule has 0 unspecified atom stereocenters. The van der Waals surface area contributed by atoms with E-state index in [9.17, 15) is 13.2 Å². The molecular formula is C14H19ClN2O3S. The van der Waals surface area contributed by atoms with Crippen LogP contribution in [0.2, 0.25) is 5.02 Å². The predicted octanol–water partition coefficient (Wildman–Crippen LogP) is 2.22. The van der Waals surface area contributed by atoms with Crippen LogP contribution in [0.25, 0.3) is 0 Å². The average molecular weight is 331 g/mol. The number of primary sulfonamides is 1. The van der Waals surface area contributed by atoms with Crippen molar-refractivity contribution >= 4 is 27.5 Å². The van der Waals surface area contributed by atoms with Crippen LogP contribution in [-0.4, -0.2) is 20.9 Å². The van der Waals surface area contributed by atoms with Gasteiger partial charge in [-0.25, -0.2) is 13.6 Å². The monoisotopic (exact) mass is 330 g/mol. The number of sulfonamides is 1. The van der Waals surface area contributed by atoms with Crippen LogP contribution in [0.4, 0.5) is 0 Å². The molecule has 0 atom stereocenters. The Kier molecular flexibility index (Phi) is 4.91. The normalized spacial score (nSPS) is 15.6. The average Bonchev–Trinajstić information content (AvgIpc) is 2.33. The smallest absolute Gasteiger partial charge is 0.251 e. The van der Waals surface area contributed by atoms with Gasteiger partial charge in [0.15, 0.2) is 0 Å². The minimum Gasteiger partial charge on any atom is -0.352 e. The number of hydrogen-bond acceptors (Lipinski definition) is 3. The predicted molar refractivity (Wildman–Crippen MR) is 81.9 cm³/mol. The molecule has 1 fully saturated rings. The zero-order valence-corrected chi connectivity index (χ0v) is 13.4. The molecule has 116 valence electrons. The third kappa shape index (κ3) is 3.96. The lowest BCUT2D eigenvalue weighted by Crippen LogP contribution is -2.27. The van der Waals surface area contributed by atoms with Crippen molar-refractivity contribution < 1.29 is 13.2 Å². The van der Waals surface area contributed by atoms with Crippen molar-refractivity contribution in [1.29, 1.82) is 0 Å². The van der Waals surface area contributed by atoms with Crippen molar-refractivity contribution in [2.45, 2.75) is 37.5 Å². The van der Waals surface area contributed by atoms with Crippen LogP contribution in [-0.2, 0) is 10.0 Å². The molecule has 0 aliphatic heterocycles. The van der Waals surface area contributed by atoms with Crippen molar-refractivity contribution in [2.75, 3.05) is 6.54 Å². The standard InChI is InChI=1S/C14H19ClN2O3S/c1-9-12(15)7-11(8-13(9)21(16,19)20)14(18)17-6-5-10-3-2-4-10/h7-8,10H,2-6H2,1H3,(H,17,18)(H2,16,19,20). The first kappa shape index (κ1) is 16.3. The Morgan fingerprint density at radius 1 is 1.43 bits per heavy atom. The summed E-state index contributed by atoms with van der Waals surface area (Å²) in [5.41, 5.74) is 0.563. The summed E-state index contributed by atoms with van der Waals surface area (Å²) in [5.74, 6) is 0.369. The fourth-order valence-electron chi connectivity index (χ4n) is 2.35. The van der Waals surface area contributed by atoms with Crippen LogP contribution in [0.5, 0.6) is 0 Å². The van der Waals surface area contributed by atoms with E-state index in [0.717, 1.165) is 6.42 Å². The van der Waals surface area contributed by atoms with Crippen LogP contribution in [0.3, 0.4) is 0 Å². The molecule has 21 heavy (non-hydrogen) atoms. The maximum absolute atomic E-state index is 12.1. The van der Waals surface area contributed by atoms with E-state index in [4.69, 9.17) is 16.7 Å². The lowest BCUT2D eigenvalue weighted by molar-refractivity contribution is 0.0948. The van der Waals surface area contributed by atoms with E-state index in [2.05, 4.69) is 5.32 Å². The zero-order chi connectivity index (χ0) is 15.6. The number of benzene rings is 1. The molecule has 0 bridgehead atoms. The topological polar surface area (TPSA) is 89.3 Å². The summed E-state index contributed by atoms with van der Waals surface area (Å²) in [7, 11) is -3.91.